The highest BCUT2D eigenvalue weighted by atomic mass is 35.5. The molecule has 92 valence electrons. The Bertz CT molecular complexity index is 690. The predicted octanol–water partition coefficient (Wildman–Crippen LogP) is 2.69. The van der Waals surface area contributed by atoms with E-state index in [-0.39, 0.29) is 0 Å². The van der Waals surface area contributed by atoms with E-state index < -0.39 is 0 Å². The molecule has 0 amide bonds. The maximum atomic E-state index is 6.20. The van der Waals surface area contributed by atoms with Crippen molar-refractivity contribution in [3.8, 4) is 0 Å². The van der Waals surface area contributed by atoms with E-state index in [1.54, 1.807) is 22.2 Å². The number of hydrogen-bond acceptors (Lipinski definition) is 5. The molecule has 0 aliphatic rings. The van der Waals surface area contributed by atoms with Crippen molar-refractivity contribution in [2.24, 2.45) is 7.05 Å². The van der Waals surface area contributed by atoms with Crippen molar-refractivity contribution in [1.82, 2.24) is 20.0 Å². The zero-order valence-electron chi connectivity index (χ0n) is 9.59. The molecule has 1 N–H and O–H groups in total. The molecule has 0 saturated carbocycles. The van der Waals surface area contributed by atoms with E-state index in [2.05, 4.69) is 20.6 Å². The molecule has 0 aliphatic carbocycles. The number of aromatic nitrogens is 4. The fourth-order valence-corrected chi connectivity index (χ4v) is 2.63. The van der Waals surface area contributed by atoms with E-state index in [9.17, 15) is 0 Å². The van der Waals surface area contributed by atoms with Gasteiger partial charge in [0.05, 0.1) is 39.4 Å². The topological polar surface area (TPSA) is 55.6 Å². The summed E-state index contributed by atoms with van der Waals surface area (Å²) in [5.41, 5.74) is 4.56. The number of thiazole rings is 1. The number of aryl methyl sites for hydroxylation is 1. The third-order valence-electron chi connectivity index (χ3n) is 2.71. The quantitative estimate of drug-likeness (QED) is 0.801. The third-order valence-corrected chi connectivity index (χ3v) is 3.82. The Hall–Kier alpha value is -1.66. The van der Waals surface area contributed by atoms with Gasteiger partial charge < -0.3 is 5.32 Å². The summed E-state index contributed by atoms with van der Waals surface area (Å²) in [5, 5.41) is 11.7. The smallest absolute Gasteiger partial charge is 0.106 e. The van der Waals surface area contributed by atoms with Gasteiger partial charge in [0.15, 0.2) is 0 Å². The van der Waals surface area contributed by atoms with Crippen molar-refractivity contribution in [2.75, 3.05) is 5.32 Å². The van der Waals surface area contributed by atoms with Crippen molar-refractivity contribution in [1.29, 1.82) is 0 Å². The zero-order valence-corrected chi connectivity index (χ0v) is 11.2. The van der Waals surface area contributed by atoms with Gasteiger partial charge in [-0.05, 0) is 12.1 Å². The van der Waals surface area contributed by atoms with Crippen LogP contribution in [0.4, 0.5) is 5.69 Å². The highest BCUT2D eigenvalue weighted by molar-refractivity contribution is 7.16. The molecule has 2 aromatic heterocycles. The van der Waals surface area contributed by atoms with E-state index in [1.807, 2.05) is 24.7 Å². The lowest BCUT2D eigenvalue weighted by molar-refractivity contribution is 0.683. The van der Waals surface area contributed by atoms with E-state index >= 15 is 0 Å². The Kier molecular flexibility index (Phi) is 2.89. The molecule has 0 bridgehead atoms. The Balaban J connectivity index is 1.92. The molecule has 0 unspecified atom stereocenters. The summed E-state index contributed by atoms with van der Waals surface area (Å²) in [6.45, 7) is 0.611. The van der Waals surface area contributed by atoms with Crippen LogP contribution >= 0.6 is 22.9 Å². The molecule has 0 atom stereocenters. The summed E-state index contributed by atoms with van der Waals surface area (Å²) < 4.78 is 2.84. The molecule has 0 aliphatic heterocycles. The SMILES string of the molecule is Cn1nncc1CNc1c(Cl)ccc2scnc12. The van der Waals surface area contributed by atoms with Gasteiger partial charge >= 0.3 is 0 Å². The van der Waals surface area contributed by atoms with Crippen molar-refractivity contribution in [2.45, 2.75) is 6.54 Å². The highest BCUT2D eigenvalue weighted by Gasteiger charge is 2.09. The molecular formula is C11H10ClN5S. The second-order valence-electron chi connectivity index (χ2n) is 3.82. The first-order valence-corrected chi connectivity index (χ1v) is 6.60. The standard InChI is InChI=1S/C11H10ClN5S/c1-17-7(5-15-16-17)4-13-10-8(12)2-3-9-11(10)14-6-18-9/h2-3,5-6,13H,4H2,1H3. The van der Waals surface area contributed by atoms with Crippen molar-refractivity contribution in [3.05, 3.63) is 34.6 Å². The number of rotatable bonds is 3. The summed E-state index contributed by atoms with van der Waals surface area (Å²) in [6, 6.07) is 3.86. The number of nitrogens with one attached hydrogen (secondary N) is 1. The van der Waals surface area contributed by atoms with Gasteiger partial charge in [-0.3, -0.25) is 4.68 Å². The maximum absolute atomic E-state index is 6.20. The van der Waals surface area contributed by atoms with Crippen LogP contribution in [0, 0.1) is 0 Å². The minimum absolute atomic E-state index is 0.611. The molecule has 18 heavy (non-hydrogen) atoms. The first kappa shape index (κ1) is 11.4. The molecule has 5 nitrogen and oxygen atoms in total. The fraction of sp³-hybridized carbons (Fsp3) is 0.182. The number of hydrogen-bond donors (Lipinski definition) is 1. The molecule has 3 aromatic rings. The maximum Gasteiger partial charge on any atom is 0.106 e. The van der Waals surface area contributed by atoms with Crippen LogP contribution in [0.1, 0.15) is 5.69 Å². The molecule has 1 aromatic carbocycles. The number of benzene rings is 1. The molecule has 7 heteroatoms. The first-order chi connectivity index (χ1) is 8.75. The van der Waals surface area contributed by atoms with E-state index in [1.165, 1.54) is 0 Å². The number of anilines is 1. The second kappa shape index (κ2) is 4.55. The third kappa shape index (κ3) is 1.93. The van der Waals surface area contributed by atoms with Gasteiger partial charge in [0, 0.05) is 7.05 Å². The zero-order chi connectivity index (χ0) is 12.5. The van der Waals surface area contributed by atoms with Gasteiger partial charge in [-0.25, -0.2) is 4.98 Å². The molecule has 2 heterocycles. The van der Waals surface area contributed by atoms with Crippen molar-refractivity contribution >= 4 is 38.8 Å². The van der Waals surface area contributed by atoms with Crippen molar-refractivity contribution in [3.63, 3.8) is 0 Å². The van der Waals surface area contributed by atoms with Crippen LogP contribution in [0.15, 0.2) is 23.8 Å². The van der Waals surface area contributed by atoms with Gasteiger partial charge in [-0.1, -0.05) is 16.8 Å². The number of fused-ring (bicyclic) bond motifs is 1. The Morgan fingerprint density at radius 3 is 3.11 bits per heavy atom. The molecule has 0 spiro atoms. The Labute approximate surface area is 112 Å². The Morgan fingerprint density at radius 2 is 2.33 bits per heavy atom. The molecule has 3 rings (SSSR count). The van der Waals surface area contributed by atoms with Gasteiger partial charge in [0.2, 0.25) is 0 Å². The minimum Gasteiger partial charge on any atom is -0.376 e. The number of nitrogens with zero attached hydrogens (tertiary/aromatic N) is 4. The predicted molar refractivity (Wildman–Crippen MR) is 73.0 cm³/mol. The molecule has 0 fully saturated rings. The van der Waals surface area contributed by atoms with E-state index in [0.717, 1.165) is 21.6 Å². The highest BCUT2D eigenvalue weighted by Crippen LogP contribution is 2.32. The van der Waals surface area contributed by atoms with Gasteiger partial charge in [0.25, 0.3) is 0 Å². The van der Waals surface area contributed by atoms with Gasteiger partial charge in [0.1, 0.15) is 5.52 Å². The van der Waals surface area contributed by atoms with Crippen LogP contribution in [0.25, 0.3) is 10.2 Å². The molecule has 0 radical (unpaired) electrons. The lowest BCUT2D eigenvalue weighted by Gasteiger charge is -2.08. The summed E-state index contributed by atoms with van der Waals surface area (Å²) in [5.74, 6) is 0. The monoisotopic (exact) mass is 279 g/mol. The van der Waals surface area contributed by atoms with Crippen molar-refractivity contribution < 1.29 is 0 Å². The minimum atomic E-state index is 0.611. The van der Waals surface area contributed by atoms with Gasteiger partial charge in [-0.15, -0.1) is 16.4 Å². The molecular weight excluding hydrogens is 270 g/mol. The summed E-state index contributed by atoms with van der Waals surface area (Å²) >= 11 is 7.80. The fourth-order valence-electron chi connectivity index (χ4n) is 1.72. The first-order valence-electron chi connectivity index (χ1n) is 5.35. The normalized spacial score (nSPS) is 11.0. The van der Waals surface area contributed by atoms with E-state index in [4.69, 9.17) is 11.6 Å². The van der Waals surface area contributed by atoms with Crippen LogP contribution in [0.3, 0.4) is 0 Å². The summed E-state index contributed by atoms with van der Waals surface area (Å²) in [7, 11) is 1.86. The lowest BCUT2D eigenvalue weighted by Crippen LogP contribution is -2.06. The average Bonchev–Trinajstić information content (AvgIpc) is 2.97. The summed E-state index contributed by atoms with van der Waals surface area (Å²) in [6.07, 6.45) is 1.72. The van der Waals surface area contributed by atoms with Crippen LogP contribution in [-0.4, -0.2) is 20.0 Å². The van der Waals surface area contributed by atoms with Crippen LogP contribution < -0.4 is 5.32 Å². The second-order valence-corrected chi connectivity index (χ2v) is 5.12. The van der Waals surface area contributed by atoms with Crippen LogP contribution in [0.2, 0.25) is 5.02 Å². The van der Waals surface area contributed by atoms with E-state index in [0.29, 0.717) is 11.6 Å². The number of halogens is 1. The summed E-state index contributed by atoms with van der Waals surface area (Å²) in [4.78, 5) is 4.34. The molecule has 0 saturated heterocycles. The Morgan fingerprint density at radius 1 is 1.44 bits per heavy atom. The van der Waals surface area contributed by atoms with Crippen LogP contribution in [0.5, 0.6) is 0 Å². The van der Waals surface area contributed by atoms with Gasteiger partial charge in [-0.2, -0.15) is 0 Å². The average molecular weight is 280 g/mol. The lowest BCUT2D eigenvalue weighted by atomic mass is 10.3. The largest absolute Gasteiger partial charge is 0.376 e. The van der Waals surface area contributed by atoms with Crippen LogP contribution in [-0.2, 0) is 13.6 Å².